The van der Waals surface area contributed by atoms with Crippen LogP contribution in [0.15, 0.2) is 36.7 Å². The summed E-state index contributed by atoms with van der Waals surface area (Å²) in [5.74, 6) is -2.06. The summed E-state index contributed by atoms with van der Waals surface area (Å²) in [6.45, 7) is -0.0191. The van der Waals surface area contributed by atoms with Crippen molar-refractivity contribution in [3.8, 4) is 0 Å². The molecule has 1 N–H and O–H groups in total. The number of alkyl halides is 3. The molecule has 0 saturated carbocycles. The lowest BCUT2D eigenvalue weighted by molar-refractivity contribution is -0.147. The first-order valence-corrected chi connectivity index (χ1v) is 5.28. The number of rotatable bonds is 3. The van der Waals surface area contributed by atoms with E-state index in [-0.39, 0.29) is 12.1 Å². The monoisotopic (exact) mass is 270 g/mol. The van der Waals surface area contributed by atoms with E-state index in [1.54, 1.807) is 0 Å². The predicted octanol–water partition coefficient (Wildman–Crippen LogP) is 2.65. The maximum Gasteiger partial charge on any atom is 0.449 e. The van der Waals surface area contributed by atoms with E-state index in [0.29, 0.717) is 5.56 Å². The molecule has 0 amide bonds. The average Bonchev–Trinajstić information content (AvgIpc) is 2.77. The molecule has 0 aliphatic carbocycles. The second kappa shape index (κ2) is 4.75. The molecule has 0 fully saturated rings. The third kappa shape index (κ3) is 2.93. The second-order valence-electron chi connectivity index (χ2n) is 3.88. The highest BCUT2D eigenvalue weighted by Crippen LogP contribution is 2.28. The number of nitrogens with zero attached hydrogens (tertiary/aromatic N) is 2. The van der Waals surface area contributed by atoms with Gasteiger partial charge in [0.25, 0.3) is 0 Å². The number of carboxylic acid groups (broad SMARTS) is 1. The number of hydrogen-bond donors (Lipinski definition) is 1. The zero-order valence-corrected chi connectivity index (χ0v) is 9.55. The van der Waals surface area contributed by atoms with Crippen LogP contribution in [0.2, 0.25) is 0 Å². The van der Waals surface area contributed by atoms with E-state index in [0.717, 1.165) is 10.8 Å². The first-order chi connectivity index (χ1) is 8.88. The van der Waals surface area contributed by atoms with E-state index in [2.05, 4.69) is 4.98 Å². The van der Waals surface area contributed by atoms with E-state index in [4.69, 9.17) is 5.11 Å². The summed E-state index contributed by atoms with van der Waals surface area (Å²) in [4.78, 5) is 13.9. The molecule has 0 saturated heterocycles. The van der Waals surface area contributed by atoms with Crippen LogP contribution in [0.4, 0.5) is 13.2 Å². The molecule has 1 aromatic carbocycles. The van der Waals surface area contributed by atoms with Crippen molar-refractivity contribution in [2.45, 2.75) is 12.7 Å². The summed E-state index contributed by atoms with van der Waals surface area (Å²) in [5.41, 5.74) is 0.652. The summed E-state index contributed by atoms with van der Waals surface area (Å²) in [5, 5.41) is 8.72. The van der Waals surface area contributed by atoms with Gasteiger partial charge in [0.05, 0.1) is 5.56 Å². The minimum absolute atomic E-state index is 0.0191. The van der Waals surface area contributed by atoms with Crippen molar-refractivity contribution >= 4 is 5.97 Å². The maximum absolute atomic E-state index is 12.6. The molecular formula is C12H9F3N2O2. The lowest BCUT2D eigenvalue weighted by Gasteiger charge is -2.10. The molecule has 0 bridgehead atoms. The summed E-state index contributed by atoms with van der Waals surface area (Å²) < 4.78 is 38.7. The highest BCUT2D eigenvalue weighted by atomic mass is 19.4. The van der Waals surface area contributed by atoms with Crippen LogP contribution in [0.1, 0.15) is 21.7 Å². The molecule has 0 aliphatic rings. The number of carboxylic acids is 1. The highest BCUT2D eigenvalue weighted by Gasteiger charge is 2.35. The summed E-state index contributed by atoms with van der Waals surface area (Å²) in [6.07, 6.45) is -2.20. The van der Waals surface area contributed by atoms with Crippen molar-refractivity contribution < 1.29 is 23.1 Å². The molecule has 0 radical (unpaired) electrons. The number of aromatic carboxylic acids is 1. The van der Waals surface area contributed by atoms with Crippen LogP contribution in [-0.2, 0) is 12.7 Å². The van der Waals surface area contributed by atoms with Gasteiger partial charge in [-0.05, 0) is 17.7 Å². The Hall–Kier alpha value is -2.31. The van der Waals surface area contributed by atoms with Gasteiger partial charge in [0.2, 0.25) is 5.82 Å². The molecule has 19 heavy (non-hydrogen) atoms. The van der Waals surface area contributed by atoms with Crippen LogP contribution in [0.5, 0.6) is 0 Å². The lowest BCUT2D eigenvalue weighted by atomic mass is 10.1. The molecular weight excluding hydrogens is 261 g/mol. The van der Waals surface area contributed by atoms with Crippen molar-refractivity contribution in [1.29, 1.82) is 0 Å². The molecule has 0 aliphatic heterocycles. The van der Waals surface area contributed by atoms with Crippen LogP contribution in [-0.4, -0.2) is 20.6 Å². The molecule has 1 heterocycles. The SMILES string of the molecule is O=C(O)c1ccc(Cn2ccnc2C(F)(F)F)cc1. The summed E-state index contributed by atoms with van der Waals surface area (Å²) >= 11 is 0. The largest absolute Gasteiger partial charge is 0.478 e. The second-order valence-corrected chi connectivity index (χ2v) is 3.88. The Morgan fingerprint density at radius 2 is 1.89 bits per heavy atom. The fourth-order valence-electron chi connectivity index (χ4n) is 1.64. The molecule has 2 aromatic rings. The fourth-order valence-corrected chi connectivity index (χ4v) is 1.64. The van der Waals surface area contributed by atoms with Crippen LogP contribution in [0, 0.1) is 0 Å². The fraction of sp³-hybridized carbons (Fsp3) is 0.167. The molecule has 4 nitrogen and oxygen atoms in total. The topological polar surface area (TPSA) is 55.1 Å². The molecule has 2 rings (SSSR count). The normalized spacial score (nSPS) is 11.5. The Labute approximate surface area is 106 Å². The third-order valence-electron chi connectivity index (χ3n) is 2.52. The number of imidazole rings is 1. The van der Waals surface area contributed by atoms with Crippen molar-refractivity contribution in [1.82, 2.24) is 9.55 Å². The standard InChI is InChI=1S/C12H9F3N2O2/c13-12(14,15)11-16-5-6-17(11)7-8-1-3-9(4-2-8)10(18)19/h1-6H,7H2,(H,18,19). The smallest absolute Gasteiger partial charge is 0.449 e. The number of aromatic nitrogens is 2. The number of hydrogen-bond acceptors (Lipinski definition) is 2. The van der Waals surface area contributed by atoms with Crippen LogP contribution >= 0.6 is 0 Å². The minimum Gasteiger partial charge on any atom is -0.478 e. The van der Waals surface area contributed by atoms with Gasteiger partial charge in [-0.2, -0.15) is 13.2 Å². The summed E-state index contributed by atoms with van der Waals surface area (Å²) in [6, 6.07) is 5.65. The van der Waals surface area contributed by atoms with Crippen LogP contribution < -0.4 is 0 Å². The maximum atomic E-state index is 12.6. The van der Waals surface area contributed by atoms with E-state index in [1.807, 2.05) is 0 Å². The molecule has 100 valence electrons. The Bertz CT molecular complexity index is 588. The predicted molar refractivity (Wildman–Crippen MR) is 59.7 cm³/mol. The quantitative estimate of drug-likeness (QED) is 0.932. The van der Waals surface area contributed by atoms with Crippen LogP contribution in [0.25, 0.3) is 0 Å². The van der Waals surface area contributed by atoms with Gasteiger partial charge in [0.15, 0.2) is 0 Å². The first-order valence-electron chi connectivity index (χ1n) is 5.28. The van der Waals surface area contributed by atoms with E-state index in [9.17, 15) is 18.0 Å². The first kappa shape index (κ1) is 13.1. The van der Waals surface area contributed by atoms with Crippen molar-refractivity contribution in [3.05, 3.63) is 53.6 Å². The van der Waals surface area contributed by atoms with E-state index < -0.39 is 18.0 Å². The number of benzene rings is 1. The molecule has 7 heteroatoms. The van der Waals surface area contributed by atoms with Crippen molar-refractivity contribution in [2.24, 2.45) is 0 Å². The van der Waals surface area contributed by atoms with Gasteiger partial charge in [-0.15, -0.1) is 0 Å². The van der Waals surface area contributed by atoms with Crippen molar-refractivity contribution in [2.75, 3.05) is 0 Å². The minimum atomic E-state index is -4.51. The Morgan fingerprint density at radius 3 is 2.42 bits per heavy atom. The van der Waals surface area contributed by atoms with Gasteiger partial charge in [0, 0.05) is 18.9 Å². The molecule has 0 spiro atoms. The highest BCUT2D eigenvalue weighted by molar-refractivity contribution is 5.87. The summed E-state index contributed by atoms with van der Waals surface area (Å²) in [7, 11) is 0. The van der Waals surface area contributed by atoms with Gasteiger partial charge in [-0.1, -0.05) is 12.1 Å². The zero-order valence-electron chi connectivity index (χ0n) is 9.55. The van der Waals surface area contributed by atoms with Gasteiger partial charge in [0.1, 0.15) is 0 Å². The van der Waals surface area contributed by atoms with Crippen LogP contribution in [0.3, 0.4) is 0 Å². The Morgan fingerprint density at radius 1 is 1.26 bits per heavy atom. The zero-order chi connectivity index (χ0) is 14.0. The number of carbonyl (C=O) groups is 1. The van der Waals surface area contributed by atoms with Crippen molar-refractivity contribution in [3.63, 3.8) is 0 Å². The molecule has 0 unspecified atom stereocenters. The molecule has 1 aromatic heterocycles. The third-order valence-corrected chi connectivity index (χ3v) is 2.52. The molecule has 0 atom stereocenters. The van der Waals surface area contributed by atoms with Gasteiger partial charge >= 0.3 is 12.1 Å². The average molecular weight is 270 g/mol. The van der Waals surface area contributed by atoms with E-state index in [1.165, 1.54) is 30.5 Å². The lowest BCUT2D eigenvalue weighted by Crippen LogP contribution is -2.15. The number of halogens is 3. The Kier molecular flexibility index (Phi) is 3.28. The van der Waals surface area contributed by atoms with E-state index >= 15 is 0 Å². The van der Waals surface area contributed by atoms with Gasteiger partial charge in [-0.25, -0.2) is 9.78 Å². The Balaban J connectivity index is 2.22. The van der Waals surface area contributed by atoms with Gasteiger partial charge in [-0.3, -0.25) is 0 Å². The van der Waals surface area contributed by atoms with Gasteiger partial charge < -0.3 is 9.67 Å².